The van der Waals surface area contributed by atoms with Gasteiger partial charge in [-0.15, -0.1) is 13.2 Å². The van der Waals surface area contributed by atoms with Crippen molar-refractivity contribution in [3.63, 3.8) is 0 Å². The molecule has 0 radical (unpaired) electrons. The molecule has 1 aliphatic rings. The minimum Gasteiger partial charge on any atom is -0.404 e. The lowest BCUT2D eigenvalue weighted by Gasteiger charge is -2.39. The number of ether oxygens (including phenoxy) is 1. The van der Waals surface area contributed by atoms with Gasteiger partial charge in [0.1, 0.15) is 0 Å². The van der Waals surface area contributed by atoms with Crippen LogP contribution in [0.3, 0.4) is 0 Å². The van der Waals surface area contributed by atoms with Crippen LogP contribution in [0, 0.1) is 0 Å². The summed E-state index contributed by atoms with van der Waals surface area (Å²) in [5, 5.41) is 3.24. The monoisotopic (exact) mass is 343 g/mol. The van der Waals surface area contributed by atoms with Gasteiger partial charge in [-0.25, -0.2) is 0 Å². The van der Waals surface area contributed by atoms with Crippen LogP contribution in [0.5, 0.6) is 5.75 Å². The summed E-state index contributed by atoms with van der Waals surface area (Å²) in [6.07, 6.45) is -3.05. The van der Waals surface area contributed by atoms with E-state index in [9.17, 15) is 13.2 Å². The SMILES string of the molecule is CCC1=C(N(C)C)C(Nc2ccccc2OC(F)(F)F)CCN1C. The molecule has 1 atom stereocenters. The van der Waals surface area contributed by atoms with Crippen LogP contribution in [0.15, 0.2) is 35.7 Å². The second-order valence-electron chi connectivity index (χ2n) is 6.03. The Hall–Kier alpha value is -2.05. The first kappa shape index (κ1) is 18.3. The molecule has 0 aromatic heterocycles. The molecule has 7 heteroatoms. The minimum absolute atomic E-state index is 0.0656. The topological polar surface area (TPSA) is 27.7 Å². The van der Waals surface area contributed by atoms with E-state index in [1.165, 1.54) is 17.8 Å². The zero-order chi connectivity index (χ0) is 17.9. The van der Waals surface area contributed by atoms with Crippen LogP contribution in [-0.4, -0.2) is 49.9 Å². The fourth-order valence-electron chi connectivity index (χ4n) is 3.14. The molecule has 2 rings (SSSR count). The van der Waals surface area contributed by atoms with Gasteiger partial charge in [0, 0.05) is 33.4 Å². The molecule has 0 fully saturated rings. The van der Waals surface area contributed by atoms with Gasteiger partial charge in [0.25, 0.3) is 0 Å². The van der Waals surface area contributed by atoms with Crippen molar-refractivity contribution in [3.05, 3.63) is 35.7 Å². The number of anilines is 1. The van der Waals surface area contributed by atoms with Crippen LogP contribution in [0.1, 0.15) is 19.8 Å². The smallest absolute Gasteiger partial charge is 0.404 e. The Morgan fingerprint density at radius 1 is 1.29 bits per heavy atom. The zero-order valence-corrected chi connectivity index (χ0v) is 14.4. The maximum Gasteiger partial charge on any atom is 0.573 e. The third-order valence-electron chi connectivity index (χ3n) is 4.10. The maximum absolute atomic E-state index is 12.6. The molecule has 1 aliphatic heterocycles. The third-order valence-corrected chi connectivity index (χ3v) is 4.10. The maximum atomic E-state index is 12.6. The second kappa shape index (κ2) is 7.23. The number of alkyl halides is 3. The van der Waals surface area contributed by atoms with E-state index in [1.54, 1.807) is 12.1 Å². The van der Waals surface area contributed by atoms with Crippen LogP contribution in [-0.2, 0) is 0 Å². The molecule has 4 nitrogen and oxygen atoms in total. The number of para-hydroxylation sites is 2. The summed E-state index contributed by atoms with van der Waals surface area (Å²) in [7, 11) is 5.95. The van der Waals surface area contributed by atoms with Gasteiger partial charge in [-0.2, -0.15) is 0 Å². The van der Waals surface area contributed by atoms with Crippen LogP contribution < -0.4 is 10.1 Å². The van der Waals surface area contributed by atoms with Crippen molar-refractivity contribution in [2.75, 3.05) is 33.0 Å². The Balaban J connectivity index is 2.32. The molecular weight excluding hydrogens is 319 g/mol. The van der Waals surface area contributed by atoms with Gasteiger partial charge in [0.15, 0.2) is 5.75 Å². The molecule has 1 aromatic rings. The first-order chi connectivity index (χ1) is 11.2. The molecule has 0 bridgehead atoms. The largest absolute Gasteiger partial charge is 0.573 e. The molecule has 0 saturated carbocycles. The van der Waals surface area contributed by atoms with Gasteiger partial charge in [0.05, 0.1) is 17.4 Å². The van der Waals surface area contributed by atoms with Crippen LogP contribution in [0.2, 0.25) is 0 Å². The van der Waals surface area contributed by atoms with Gasteiger partial charge in [-0.1, -0.05) is 19.1 Å². The van der Waals surface area contributed by atoms with Gasteiger partial charge < -0.3 is 19.9 Å². The third kappa shape index (κ3) is 4.27. The highest BCUT2D eigenvalue weighted by Gasteiger charge is 2.33. The van der Waals surface area contributed by atoms with Gasteiger partial charge in [0.2, 0.25) is 0 Å². The molecule has 1 N–H and O–H groups in total. The van der Waals surface area contributed by atoms with Crippen LogP contribution in [0.25, 0.3) is 0 Å². The minimum atomic E-state index is -4.71. The number of likely N-dealkylation sites (N-methyl/N-ethyl adjacent to an activating group) is 1. The summed E-state index contributed by atoms with van der Waals surface area (Å²) in [6, 6.07) is 6.09. The Morgan fingerprint density at radius 2 is 1.96 bits per heavy atom. The van der Waals surface area contributed by atoms with Crippen molar-refractivity contribution in [3.8, 4) is 5.75 Å². The number of hydrogen-bond donors (Lipinski definition) is 1. The Morgan fingerprint density at radius 3 is 2.54 bits per heavy atom. The van der Waals surface area contributed by atoms with E-state index >= 15 is 0 Å². The fourth-order valence-corrected chi connectivity index (χ4v) is 3.14. The molecule has 1 heterocycles. The standard InChI is InChI=1S/C17H24F3N3O/c1-5-14-16(22(2)3)13(10-11-23(14)4)21-12-8-6-7-9-15(12)24-17(18,19)20/h6-9,13,21H,5,10-11H2,1-4H3. The predicted octanol–water partition coefficient (Wildman–Crippen LogP) is 3.88. The Bertz CT molecular complexity index is 599. The lowest BCUT2D eigenvalue weighted by molar-refractivity contribution is -0.274. The molecule has 1 unspecified atom stereocenters. The van der Waals surface area contributed by atoms with E-state index in [4.69, 9.17) is 0 Å². The number of hydrogen-bond acceptors (Lipinski definition) is 4. The lowest BCUT2D eigenvalue weighted by Crippen LogP contribution is -2.41. The molecule has 0 aliphatic carbocycles. The number of benzene rings is 1. The predicted molar refractivity (Wildman–Crippen MR) is 88.8 cm³/mol. The lowest BCUT2D eigenvalue weighted by atomic mass is 10.00. The van der Waals surface area contributed by atoms with Crippen molar-refractivity contribution in [1.29, 1.82) is 0 Å². The quantitative estimate of drug-likeness (QED) is 0.878. The number of halogens is 3. The number of nitrogens with one attached hydrogen (secondary N) is 1. The van der Waals surface area contributed by atoms with Gasteiger partial charge in [-0.3, -0.25) is 0 Å². The van der Waals surface area contributed by atoms with Crippen LogP contribution >= 0.6 is 0 Å². The van der Waals surface area contributed by atoms with E-state index in [-0.39, 0.29) is 11.8 Å². The molecule has 134 valence electrons. The molecule has 0 spiro atoms. The average molecular weight is 343 g/mol. The highest BCUT2D eigenvalue weighted by molar-refractivity contribution is 5.58. The molecule has 1 aromatic carbocycles. The van der Waals surface area contributed by atoms with Crippen molar-refractivity contribution in [2.45, 2.75) is 32.2 Å². The summed E-state index contributed by atoms with van der Waals surface area (Å²) in [5.41, 5.74) is 2.63. The van der Waals surface area contributed by atoms with Crippen molar-refractivity contribution in [1.82, 2.24) is 9.80 Å². The van der Waals surface area contributed by atoms with Crippen molar-refractivity contribution < 1.29 is 17.9 Å². The van der Waals surface area contributed by atoms with Crippen molar-refractivity contribution >= 4 is 5.69 Å². The van der Waals surface area contributed by atoms with Crippen LogP contribution in [0.4, 0.5) is 18.9 Å². The molecule has 24 heavy (non-hydrogen) atoms. The van der Waals surface area contributed by atoms with Crippen molar-refractivity contribution in [2.24, 2.45) is 0 Å². The first-order valence-electron chi connectivity index (χ1n) is 7.95. The normalized spacial score (nSPS) is 18.6. The molecule has 0 amide bonds. The zero-order valence-electron chi connectivity index (χ0n) is 14.4. The summed E-state index contributed by atoms with van der Waals surface area (Å²) < 4.78 is 41.9. The Labute approximate surface area is 140 Å². The Kier molecular flexibility index (Phi) is 5.51. The molecular formula is C17H24F3N3O. The average Bonchev–Trinajstić information content (AvgIpc) is 2.48. The highest BCUT2D eigenvalue weighted by atomic mass is 19.4. The van der Waals surface area contributed by atoms with Gasteiger partial charge in [-0.05, 0) is 25.0 Å². The fraction of sp³-hybridized carbons (Fsp3) is 0.529. The summed E-state index contributed by atoms with van der Waals surface area (Å²) >= 11 is 0. The van der Waals surface area contributed by atoms with E-state index < -0.39 is 6.36 Å². The first-order valence-corrected chi connectivity index (χ1v) is 7.95. The van der Waals surface area contributed by atoms with E-state index in [2.05, 4.69) is 21.9 Å². The highest BCUT2D eigenvalue weighted by Crippen LogP contribution is 2.33. The summed E-state index contributed by atoms with van der Waals surface area (Å²) in [6.45, 7) is 2.93. The van der Waals surface area contributed by atoms with E-state index in [1.807, 2.05) is 26.0 Å². The summed E-state index contributed by atoms with van der Waals surface area (Å²) in [5.74, 6) is -0.208. The van der Waals surface area contributed by atoms with Gasteiger partial charge >= 0.3 is 6.36 Å². The molecule has 0 saturated heterocycles. The summed E-state index contributed by atoms with van der Waals surface area (Å²) in [4.78, 5) is 4.23. The number of allylic oxidation sites excluding steroid dienone is 1. The van der Waals surface area contributed by atoms with E-state index in [0.29, 0.717) is 5.69 Å². The van der Waals surface area contributed by atoms with E-state index in [0.717, 1.165) is 25.1 Å². The number of rotatable bonds is 5. The second-order valence-corrected chi connectivity index (χ2v) is 6.03. The number of nitrogens with zero attached hydrogens (tertiary/aromatic N) is 2.